The number of aryl methyl sites for hydroxylation is 1. The minimum atomic E-state index is 0.640. The maximum absolute atomic E-state index is 2.58. The highest BCUT2D eigenvalue weighted by Gasteiger charge is 2.28. The van der Waals surface area contributed by atoms with Gasteiger partial charge in [-0.05, 0) is 99.9 Å². The molecule has 0 bridgehead atoms. The van der Waals surface area contributed by atoms with Crippen molar-refractivity contribution >= 4 is 0 Å². The smallest absolute Gasteiger partial charge is 0.00182 e. The Morgan fingerprint density at radius 1 is 0.767 bits per heavy atom. The quantitative estimate of drug-likeness (QED) is 0.417. The van der Waals surface area contributed by atoms with Crippen LogP contribution in [0.5, 0.6) is 0 Å². The second-order valence-corrected chi connectivity index (χ2v) is 10.4. The molecule has 1 fully saturated rings. The fraction of sp³-hybridized carbons (Fsp3) is 0.600. The van der Waals surface area contributed by atoms with Crippen LogP contribution in [-0.4, -0.2) is 0 Å². The molecule has 4 atom stereocenters. The summed E-state index contributed by atoms with van der Waals surface area (Å²) >= 11 is 0. The van der Waals surface area contributed by atoms with Gasteiger partial charge in [0.05, 0.1) is 0 Å². The second kappa shape index (κ2) is 10.7. The predicted molar refractivity (Wildman–Crippen MR) is 131 cm³/mol. The molecule has 0 heterocycles. The van der Waals surface area contributed by atoms with E-state index in [0.29, 0.717) is 11.8 Å². The van der Waals surface area contributed by atoms with Crippen molar-refractivity contribution in [3.8, 4) is 0 Å². The molecule has 0 nitrogen and oxygen atoms in total. The van der Waals surface area contributed by atoms with Crippen LogP contribution in [-0.2, 0) is 0 Å². The van der Waals surface area contributed by atoms with Crippen molar-refractivity contribution in [1.82, 2.24) is 0 Å². The Bertz CT molecular complexity index is 726. The van der Waals surface area contributed by atoms with Crippen LogP contribution in [0.25, 0.3) is 0 Å². The van der Waals surface area contributed by atoms with E-state index in [2.05, 4.69) is 74.6 Å². The van der Waals surface area contributed by atoms with Gasteiger partial charge in [-0.1, -0.05) is 79.6 Å². The molecule has 0 N–H and O–H groups in total. The summed E-state index contributed by atoms with van der Waals surface area (Å²) in [5, 5.41) is 0. The molecule has 162 valence electrons. The van der Waals surface area contributed by atoms with Crippen molar-refractivity contribution in [2.75, 3.05) is 0 Å². The highest BCUT2D eigenvalue weighted by Crippen LogP contribution is 2.41. The highest BCUT2D eigenvalue weighted by molar-refractivity contribution is 5.28. The molecule has 0 saturated heterocycles. The fourth-order valence-electron chi connectivity index (χ4n) is 6.06. The molecule has 30 heavy (non-hydrogen) atoms. The van der Waals surface area contributed by atoms with E-state index in [1.807, 2.05) is 0 Å². The number of rotatable bonds is 6. The van der Waals surface area contributed by atoms with E-state index in [4.69, 9.17) is 0 Å². The Morgan fingerprint density at radius 2 is 1.57 bits per heavy atom. The van der Waals surface area contributed by atoms with Crippen LogP contribution in [0.2, 0.25) is 0 Å². The van der Waals surface area contributed by atoms with Crippen molar-refractivity contribution in [3.05, 3.63) is 71.8 Å². The van der Waals surface area contributed by atoms with Gasteiger partial charge in [0.15, 0.2) is 0 Å². The minimum Gasteiger partial charge on any atom is -0.0848 e. The third kappa shape index (κ3) is 5.77. The van der Waals surface area contributed by atoms with E-state index < -0.39 is 0 Å². The van der Waals surface area contributed by atoms with Crippen LogP contribution in [0, 0.1) is 36.5 Å². The summed E-state index contributed by atoms with van der Waals surface area (Å²) in [5.74, 6) is 4.78. The number of hydrogen-bond acceptors (Lipinski definition) is 0. The number of hydrogen-bond donors (Lipinski definition) is 0. The van der Waals surface area contributed by atoms with Crippen molar-refractivity contribution < 1.29 is 0 Å². The van der Waals surface area contributed by atoms with Crippen LogP contribution < -0.4 is 0 Å². The second-order valence-electron chi connectivity index (χ2n) is 10.4. The van der Waals surface area contributed by atoms with Crippen molar-refractivity contribution in [2.45, 2.75) is 84.0 Å². The molecule has 0 aromatic heterocycles. The van der Waals surface area contributed by atoms with Crippen LogP contribution in [0.1, 0.15) is 88.2 Å². The van der Waals surface area contributed by atoms with Crippen LogP contribution in [0.15, 0.2) is 60.7 Å². The Labute approximate surface area is 185 Å². The van der Waals surface area contributed by atoms with Gasteiger partial charge in [-0.25, -0.2) is 0 Å². The van der Waals surface area contributed by atoms with E-state index in [-0.39, 0.29) is 0 Å². The Balaban J connectivity index is 1.22. The molecular formula is C30H42. The maximum Gasteiger partial charge on any atom is 0.00182 e. The molecule has 0 spiro atoms. The average molecular weight is 403 g/mol. The molecule has 1 saturated carbocycles. The van der Waals surface area contributed by atoms with E-state index in [9.17, 15) is 0 Å². The lowest BCUT2D eigenvalue weighted by atomic mass is 9.71. The van der Waals surface area contributed by atoms with Gasteiger partial charge in [0.2, 0.25) is 0 Å². The first-order valence-electron chi connectivity index (χ1n) is 12.8. The van der Waals surface area contributed by atoms with Gasteiger partial charge in [-0.3, -0.25) is 0 Å². The molecule has 0 aliphatic heterocycles. The lowest BCUT2D eigenvalue weighted by Gasteiger charge is -2.34. The predicted octanol–water partition coefficient (Wildman–Crippen LogP) is 8.79. The van der Waals surface area contributed by atoms with Gasteiger partial charge >= 0.3 is 0 Å². The van der Waals surface area contributed by atoms with Crippen LogP contribution in [0.4, 0.5) is 0 Å². The summed E-state index contributed by atoms with van der Waals surface area (Å²) in [6.07, 6.45) is 29.0. The molecule has 0 radical (unpaired) electrons. The van der Waals surface area contributed by atoms with Gasteiger partial charge in [0, 0.05) is 5.92 Å². The summed E-state index contributed by atoms with van der Waals surface area (Å²) in [4.78, 5) is 0. The zero-order chi connectivity index (χ0) is 20.8. The summed E-state index contributed by atoms with van der Waals surface area (Å²) < 4.78 is 0. The minimum absolute atomic E-state index is 0.640. The first-order chi connectivity index (χ1) is 14.7. The summed E-state index contributed by atoms with van der Waals surface area (Å²) in [6.45, 7) is 4.48. The molecule has 0 amide bonds. The van der Waals surface area contributed by atoms with Crippen molar-refractivity contribution in [1.29, 1.82) is 0 Å². The topological polar surface area (TPSA) is 0 Å². The average Bonchev–Trinajstić information content (AvgIpc) is 2.80. The van der Waals surface area contributed by atoms with E-state index >= 15 is 0 Å². The molecule has 1 aromatic rings. The van der Waals surface area contributed by atoms with Crippen LogP contribution in [0.3, 0.4) is 0 Å². The molecular weight excluding hydrogens is 360 g/mol. The van der Waals surface area contributed by atoms with E-state index in [1.54, 1.807) is 0 Å². The number of allylic oxidation sites excluding steroid dienone is 6. The lowest BCUT2D eigenvalue weighted by molar-refractivity contribution is 0.236. The zero-order valence-electron chi connectivity index (χ0n) is 19.3. The van der Waals surface area contributed by atoms with Crippen molar-refractivity contribution in [2.24, 2.45) is 29.6 Å². The summed E-state index contributed by atoms with van der Waals surface area (Å²) in [6, 6.07) is 9.18. The van der Waals surface area contributed by atoms with Gasteiger partial charge in [0.1, 0.15) is 0 Å². The van der Waals surface area contributed by atoms with E-state index in [1.165, 1.54) is 75.3 Å². The van der Waals surface area contributed by atoms with Gasteiger partial charge < -0.3 is 0 Å². The maximum atomic E-state index is 2.58. The largest absolute Gasteiger partial charge is 0.0848 e. The molecule has 4 rings (SSSR count). The molecule has 3 aliphatic carbocycles. The Kier molecular flexibility index (Phi) is 7.69. The summed E-state index contributed by atoms with van der Waals surface area (Å²) in [7, 11) is 0. The van der Waals surface area contributed by atoms with Gasteiger partial charge in [-0.2, -0.15) is 0 Å². The van der Waals surface area contributed by atoms with E-state index in [0.717, 1.165) is 23.7 Å². The zero-order valence-corrected chi connectivity index (χ0v) is 19.3. The SMILES string of the molecule is CCCC1C=CC(/C=C/C2CCC(C3C=CC(c4ccc(C)cc4)CC3)CC2)CC1. The summed E-state index contributed by atoms with van der Waals surface area (Å²) in [5.41, 5.74) is 2.87. The third-order valence-electron chi connectivity index (χ3n) is 8.12. The van der Waals surface area contributed by atoms with Gasteiger partial charge in [0.25, 0.3) is 0 Å². The Hall–Kier alpha value is -1.56. The molecule has 4 unspecified atom stereocenters. The monoisotopic (exact) mass is 402 g/mol. The first kappa shape index (κ1) is 21.7. The molecule has 0 heteroatoms. The number of benzene rings is 1. The normalized spacial score (nSPS) is 34.5. The standard InChI is InChI=1S/C30H42/c1-3-4-24-7-9-25(10-8-24)11-12-26-13-17-28(18-14-26)30-21-19-29(20-22-30)27-15-5-23(2)6-16-27/h5-7,9,11-12,15-16,19,21,24-26,28-30H,3-4,8,10,13-14,17-18,20,22H2,1-2H3/b12-11+. The van der Waals surface area contributed by atoms with Crippen molar-refractivity contribution in [3.63, 3.8) is 0 Å². The fourth-order valence-corrected chi connectivity index (χ4v) is 6.06. The third-order valence-corrected chi connectivity index (χ3v) is 8.12. The molecule has 3 aliphatic rings. The Morgan fingerprint density at radius 3 is 2.20 bits per heavy atom. The first-order valence-corrected chi connectivity index (χ1v) is 12.8. The van der Waals surface area contributed by atoms with Crippen LogP contribution >= 0.6 is 0 Å². The highest BCUT2D eigenvalue weighted by atomic mass is 14.3. The molecule has 1 aromatic carbocycles. The van der Waals surface area contributed by atoms with Gasteiger partial charge in [-0.15, -0.1) is 0 Å². The lowest BCUT2D eigenvalue weighted by Crippen LogP contribution is -2.22.